The van der Waals surface area contributed by atoms with E-state index in [9.17, 15) is 0 Å². The average Bonchev–Trinajstić information content (AvgIpc) is 2.49. The van der Waals surface area contributed by atoms with Gasteiger partial charge in [-0.1, -0.05) is 27.7 Å². The second-order valence-corrected chi connectivity index (χ2v) is 5.56. The fourth-order valence-electron chi connectivity index (χ4n) is 2.33. The first-order chi connectivity index (χ1) is 10.1. The van der Waals surface area contributed by atoms with Crippen molar-refractivity contribution in [3.63, 3.8) is 0 Å². The summed E-state index contributed by atoms with van der Waals surface area (Å²) in [7, 11) is 1.74. The van der Waals surface area contributed by atoms with Gasteiger partial charge < -0.3 is 15.0 Å². The van der Waals surface area contributed by atoms with Crippen LogP contribution in [0, 0.1) is 0 Å². The van der Waals surface area contributed by atoms with Gasteiger partial charge in [-0.3, -0.25) is 4.98 Å². The van der Waals surface area contributed by atoms with E-state index in [-0.39, 0.29) is 0 Å². The van der Waals surface area contributed by atoms with E-state index in [2.05, 4.69) is 42.9 Å². The third-order valence-corrected chi connectivity index (χ3v) is 3.58. The van der Waals surface area contributed by atoms with Crippen LogP contribution in [0.4, 0.5) is 5.82 Å². The smallest absolute Gasteiger partial charge is 0.147 e. The third kappa shape index (κ3) is 5.98. The van der Waals surface area contributed by atoms with Gasteiger partial charge in [-0.15, -0.1) is 0 Å². The summed E-state index contributed by atoms with van der Waals surface area (Å²) in [4.78, 5) is 11.4. The molecule has 0 aliphatic rings. The molecule has 0 amide bonds. The van der Waals surface area contributed by atoms with Crippen LogP contribution in [0.2, 0.25) is 0 Å². The molecule has 0 fully saturated rings. The summed E-state index contributed by atoms with van der Waals surface area (Å²) in [5.74, 6) is 0.948. The maximum absolute atomic E-state index is 5.24. The van der Waals surface area contributed by atoms with Crippen LogP contribution in [-0.2, 0) is 11.3 Å². The van der Waals surface area contributed by atoms with Gasteiger partial charge in [0.25, 0.3) is 0 Å². The van der Waals surface area contributed by atoms with Gasteiger partial charge >= 0.3 is 0 Å². The largest absolute Gasteiger partial charge is 0.383 e. The van der Waals surface area contributed by atoms with Gasteiger partial charge in [0.05, 0.1) is 18.5 Å². The first-order valence-electron chi connectivity index (χ1n) is 7.92. The van der Waals surface area contributed by atoms with Crippen molar-refractivity contribution in [1.82, 2.24) is 15.3 Å². The van der Waals surface area contributed by atoms with Crippen molar-refractivity contribution in [3.05, 3.63) is 18.1 Å². The summed E-state index contributed by atoms with van der Waals surface area (Å²) in [5, 5.41) is 3.38. The van der Waals surface area contributed by atoms with Gasteiger partial charge in [0.1, 0.15) is 5.82 Å². The Balaban J connectivity index is 2.87. The molecule has 1 heterocycles. The average molecular weight is 294 g/mol. The number of ether oxygens (including phenoxy) is 1. The molecule has 120 valence electrons. The molecular weight excluding hydrogens is 264 g/mol. The van der Waals surface area contributed by atoms with E-state index >= 15 is 0 Å². The number of hydrogen-bond donors (Lipinski definition) is 1. The van der Waals surface area contributed by atoms with Crippen molar-refractivity contribution < 1.29 is 4.74 Å². The Morgan fingerprint density at radius 2 is 1.95 bits per heavy atom. The molecule has 0 saturated heterocycles. The molecule has 21 heavy (non-hydrogen) atoms. The van der Waals surface area contributed by atoms with E-state index in [4.69, 9.17) is 9.72 Å². The minimum atomic E-state index is 0.444. The molecular formula is C16H30N4O. The zero-order valence-corrected chi connectivity index (χ0v) is 14.1. The first-order valence-corrected chi connectivity index (χ1v) is 7.92. The van der Waals surface area contributed by atoms with Gasteiger partial charge in [0, 0.05) is 38.5 Å². The second-order valence-electron chi connectivity index (χ2n) is 5.56. The van der Waals surface area contributed by atoms with Crippen LogP contribution in [0.5, 0.6) is 0 Å². The van der Waals surface area contributed by atoms with Crippen LogP contribution in [0.15, 0.2) is 12.4 Å². The second kappa shape index (κ2) is 9.68. The SMILES string of the molecule is CCC(CC)N(CCOC)c1cncc(CNC(C)C)n1. The van der Waals surface area contributed by atoms with E-state index in [1.54, 1.807) is 7.11 Å². The number of nitrogens with zero attached hydrogens (tertiary/aromatic N) is 3. The maximum atomic E-state index is 5.24. The molecule has 0 saturated carbocycles. The summed E-state index contributed by atoms with van der Waals surface area (Å²) < 4.78 is 5.24. The van der Waals surface area contributed by atoms with Gasteiger partial charge in [0.2, 0.25) is 0 Å². The molecule has 1 N–H and O–H groups in total. The highest BCUT2D eigenvalue weighted by Crippen LogP contribution is 2.17. The Kier molecular flexibility index (Phi) is 8.23. The van der Waals surface area contributed by atoms with E-state index < -0.39 is 0 Å². The zero-order chi connectivity index (χ0) is 15.7. The highest BCUT2D eigenvalue weighted by Gasteiger charge is 2.17. The fraction of sp³-hybridized carbons (Fsp3) is 0.750. The molecule has 5 nitrogen and oxygen atoms in total. The highest BCUT2D eigenvalue weighted by atomic mass is 16.5. The molecule has 0 aliphatic carbocycles. The number of hydrogen-bond acceptors (Lipinski definition) is 5. The first kappa shape index (κ1) is 17.9. The quantitative estimate of drug-likeness (QED) is 0.719. The number of aromatic nitrogens is 2. The summed E-state index contributed by atoms with van der Waals surface area (Å²) >= 11 is 0. The van der Waals surface area contributed by atoms with Gasteiger partial charge in [-0.25, -0.2) is 4.98 Å². The van der Waals surface area contributed by atoms with E-state index in [1.165, 1.54) is 0 Å². The molecule has 1 aromatic rings. The molecule has 0 bridgehead atoms. The molecule has 1 aromatic heterocycles. The highest BCUT2D eigenvalue weighted by molar-refractivity contribution is 5.38. The molecule has 0 aliphatic heterocycles. The molecule has 0 unspecified atom stereocenters. The lowest BCUT2D eigenvalue weighted by atomic mass is 10.1. The van der Waals surface area contributed by atoms with E-state index in [1.807, 2.05) is 12.4 Å². The zero-order valence-electron chi connectivity index (χ0n) is 14.1. The van der Waals surface area contributed by atoms with Crippen LogP contribution in [0.25, 0.3) is 0 Å². The lowest BCUT2D eigenvalue weighted by molar-refractivity contribution is 0.202. The molecule has 0 aromatic carbocycles. The minimum absolute atomic E-state index is 0.444. The Morgan fingerprint density at radius 1 is 1.24 bits per heavy atom. The number of nitrogens with one attached hydrogen (secondary N) is 1. The van der Waals surface area contributed by atoms with E-state index in [0.717, 1.165) is 37.4 Å². The molecule has 1 rings (SSSR count). The van der Waals surface area contributed by atoms with Crippen molar-refractivity contribution in [2.75, 3.05) is 25.2 Å². The van der Waals surface area contributed by atoms with Crippen molar-refractivity contribution in [3.8, 4) is 0 Å². The van der Waals surface area contributed by atoms with Crippen LogP contribution in [0.1, 0.15) is 46.2 Å². The van der Waals surface area contributed by atoms with Gasteiger partial charge in [-0.2, -0.15) is 0 Å². The Labute approximate surface area is 129 Å². The van der Waals surface area contributed by atoms with Crippen molar-refractivity contribution in [2.24, 2.45) is 0 Å². The Bertz CT molecular complexity index is 394. The van der Waals surface area contributed by atoms with Crippen molar-refractivity contribution in [2.45, 2.75) is 59.2 Å². The minimum Gasteiger partial charge on any atom is -0.383 e. The number of methoxy groups -OCH3 is 1. The van der Waals surface area contributed by atoms with Crippen LogP contribution >= 0.6 is 0 Å². The number of rotatable bonds is 10. The fourth-order valence-corrected chi connectivity index (χ4v) is 2.33. The topological polar surface area (TPSA) is 50.3 Å². The van der Waals surface area contributed by atoms with E-state index in [0.29, 0.717) is 18.7 Å². The summed E-state index contributed by atoms with van der Waals surface area (Å²) in [6.45, 7) is 11.0. The molecule has 0 spiro atoms. The maximum Gasteiger partial charge on any atom is 0.147 e. The van der Waals surface area contributed by atoms with Crippen LogP contribution in [-0.4, -0.2) is 42.3 Å². The number of anilines is 1. The summed E-state index contributed by atoms with van der Waals surface area (Å²) in [5.41, 5.74) is 0.981. The van der Waals surface area contributed by atoms with Gasteiger partial charge in [-0.05, 0) is 12.8 Å². The lowest BCUT2D eigenvalue weighted by Gasteiger charge is -2.31. The molecule has 5 heteroatoms. The van der Waals surface area contributed by atoms with Crippen LogP contribution in [0.3, 0.4) is 0 Å². The standard InChI is InChI=1S/C16H30N4O/c1-6-15(7-2)20(8-9-21-5)16-12-17-10-14(19-16)11-18-13(3)4/h10,12-13,15,18H,6-9,11H2,1-5H3. The van der Waals surface area contributed by atoms with Crippen molar-refractivity contribution in [1.29, 1.82) is 0 Å². The van der Waals surface area contributed by atoms with Gasteiger partial charge in [0.15, 0.2) is 0 Å². The lowest BCUT2D eigenvalue weighted by Crippen LogP contribution is -2.38. The Morgan fingerprint density at radius 3 is 2.52 bits per heavy atom. The van der Waals surface area contributed by atoms with Crippen LogP contribution < -0.4 is 10.2 Å². The predicted molar refractivity (Wildman–Crippen MR) is 87.6 cm³/mol. The predicted octanol–water partition coefficient (Wildman–Crippen LogP) is 2.62. The molecule has 0 radical (unpaired) electrons. The molecule has 0 atom stereocenters. The third-order valence-electron chi connectivity index (χ3n) is 3.58. The monoisotopic (exact) mass is 294 g/mol. The summed E-state index contributed by atoms with van der Waals surface area (Å²) in [6.07, 6.45) is 5.87. The Hall–Kier alpha value is -1.20. The normalized spacial score (nSPS) is 11.4. The van der Waals surface area contributed by atoms with Crippen molar-refractivity contribution >= 4 is 5.82 Å². The summed E-state index contributed by atoms with van der Waals surface area (Å²) in [6, 6.07) is 0.918.